The van der Waals surface area contributed by atoms with E-state index in [0.29, 0.717) is 5.56 Å². The summed E-state index contributed by atoms with van der Waals surface area (Å²) in [6.45, 7) is 0.968. The second-order valence-electron chi connectivity index (χ2n) is 4.24. The van der Waals surface area contributed by atoms with E-state index >= 15 is 0 Å². The molecule has 2 aromatic rings. The molecule has 6 heteroatoms. The minimum absolute atomic E-state index is 0.0975. The van der Waals surface area contributed by atoms with Crippen LogP contribution in [0.1, 0.15) is 15.9 Å². The van der Waals surface area contributed by atoms with Gasteiger partial charge in [-0.2, -0.15) is 0 Å². The van der Waals surface area contributed by atoms with E-state index in [9.17, 15) is 4.79 Å². The van der Waals surface area contributed by atoms with Crippen LogP contribution in [0.25, 0.3) is 0 Å². The molecule has 3 rings (SSSR count). The fraction of sp³-hybridized carbons (Fsp3) is 0.154. The molecule has 0 radical (unpaired) electrons. The van der Waals surface area contributed by atoms with Crippen molar-refractivity contribution in [1.82, 2.24) is 0 Å². The molecular formula is C13H10Br2N2OS. The number of fused-ring (bicyclic) bond motifs is 1. The number of thiophene rings is 1. The Morgan fingerprint density at radius 1 is 1.32 bits per heavy atom. The van der Waals surface area contributed by atoms with Gasteiger partial charge in [0.2, 0.25) is 0 Å². The number of anilines is 2. The van der Waals surface area contributed by atoms with Gasteiger partial charge < -0.3 is 10.6 Å². The van der Waals surface area contributed by atoms with Crippen LogP contribution in [-0.2, 0) is 6.42 Å². The lowest BCUT2D eigenvalue weighted by Crippen LogP contribution is -2.11. The smallest absolute Gasteiger partial charge is 0.257 e. The van der Waals surface area contributed by atoms with Gasteiger partial charge in [-0.1, -0.05) is 0 Å². The van der Waals surface area contributed by atoms with Crippen molar-refractivity contribution in [1.29, 1.82) is 0 Å². The van der Waals surface area contributed by atoms with Crippen molar-refractivity contribution >= 4 is 60.5 Å². The van der Waals surface area contributed by atoms with Gasteiger partial charge in [0.1, 0.15) is 0 Å². The fourth-order valence-electron chi connectivity index (χ4n) is 2.08. The Morgan fingerprint density at radius 3 is 2.89 bits per heavy atom. The van der Waals surface area contributed by atoms with Crippen molar-refractivity contribution in [3.63, 3.8) is 0 Å². The average Bonchev–Trinajstić information content (AvgIpc) is 2.94. The summed E-state index contributed by atoms with van der Waals surface area (Å²) in [5.41, 5.74) is 3.90. The molecule has 1 amide bonds. The average molecular weight is 402 g/mol. The molecule has 0 bridgehead atoms. The van der Waals surface area contributed by atoms with Crippen LogP contribution in [0.3, 0.4) is 0 Å². The number of rotatable bonds is 2. The predicted molar refractivity (Wildman–Crippen MR) is 86.3 cm³/mol. The zero-order valence-electron chi connectivity index (χ0n) is 9.80. The Balaban J connectivity index is 1.81. The van der Waals surface area contributed by atoms with Gasteiger partial charge in [-0.05, 0) is 68.1 Å². The molecule has 0 fully saturated rings. The molecule has 1 aromatic heterocycles. The summed E-state index contributed by atoms with van der Waals surface area (Å²) in [6.07, 6.45) is 1.01. The third-order valence-electron chi connectivity index (χ3n) is 2.97. The number of carbonyl (C=O) groups excluding carboxylic acids is 1. The SMILES string of the molecule is O=C(Nc1ccc2c(c1)CCN2)c1cc(Br)sc1Br. The number of nitrogens with one attached hydrogen (secondary N) is 2. The van der Waals surface area contributed by atoms with E-state index in [1.165, 1.54) is 16.9 Å². The summed E-state index contributed by atoms with van der Waals surface area (Å²) in [5.74, 6) is -0.0975. The number of carbonyl (C=O) groups is 1. The van der Waals surface area contributed by atoms with E-state index in [2.05, 4.69) is 42.5 Å². The number of amides is 1. The van der Waals surface area contributed by atoms with Gasteiger partial charge >= 0.3 is 0 Å². The zero-order chi connectivity index (χ0) is 13.4. The summed E-state index contributed by atoms with van der Waals surface area (Å²) in [6, 6.07) is 7.78. The molecule has 1 aromatic carbocycles. The van der Waals surface area contributed by atoms with E-state index in [1.807, 2.05) is 24.3 Å². The monoisotopic (exact) mass is 400 g/mol. The molecule has 0 saturated heterocycles. The predicted octanol–water partition coefficient (Wildman–Crippen LogP) is 4.49. The molecule has 0 atom stereocenters. The second-order valence-corrected chi connectivity index (χ2v) is 7.99. The van der Waals surface area contributed by atoms with E-state index in [0.717, 1.165) is 31.9 Å². The van der Waals surface area contributed by atoms with Gasteiger partial charge in [0.25, 0.3) is 5.91 Å². The minimum Gasteiger partial charge on any atom is -0.384 e. The van der Waals surface area contributed by atoms with Crippen molar-refractivity contribution in [2.75, 3.05) is 17.2 Å². The molecule has 1 aliphatic heterocycles. The maximum absolute atomic E-state index is 12.2. The maximum atomic E-state index is 12.2. The molecule has 19 heavy (non-hydrogen) atoms. The van der Waals surface area contributed by atoms with E-state index < -0.39 is 0 Å². The molecule has 98 valence electrons. The number of benzene rings is 1. The molecule has 1 aliphatic rings. The summed E-state index contributed by atoms with van der Waals surface area (Å²) >= 11 is 8.27. The lowest BCUT2D eigenvalue weighted by molar-refractivity contribution is 0.102. The van der Waals surface area contributed by atoms with Crippen LogP contribution in [0.4, 0.5) is 11.4 Å². The third-order valence-corrected chi connectivity index (χ3v) is 5.31. The normalized spacial score (nSPS) is 12.9. The molecular weight excluding hydrogens is 392 g/mol. The van der Waals surface area contributed by atoms with Crippen molar-refractivity contribution in [2.24, 2.45) is 0 Å². The lowest BCUT2D eigenvalue weighted by atomic mass is 10.1. The van der Waals surface area contributed by atoms with Crippen LogP contribution in [0, 0.1) is 0 Å². The molecule has 2 heterocycles. The molecule has 0 saturated carbocycles. The first-order valence-corrected chi connectivity index (χ1v) is 8.17. The highest BCUT2D eigenvalue weighted by Gasteiger charge is 2.15. The van der Waals surface area contributed by atoms with Gasteiger partial charge in [0, 0.05) is 17.9 Å². The summed E-state index contributed by atoms with van der Waals surface area (Å²) in [7, 11) is 0. The Morgan fingerprint density at radius 2 is 2.16 bits per heavy atom. The Kier molecular flexibility index (Phi) is 3.64. The standard InChI is InChI=1S/C13H10Br2N2OS/c14-11-6-9(12(15)19-11)13(18)17-8-1-2-10-7(5-8)3-4-16-10/h1-2,5-6,16H,3-4H2,(H,17,18). The molecule has 0 spiro atoms. The molecule has 0 aliphatic carbocycles. The van der Waals surface area contributed by atoms with Gasteiger partial charge in [-0.3, -0.25) is 4.79 Å². The quantitative estimate of drug-likeness (QED) is 0.778. The number of hydrogen-bond acceptors (Lipinski definition) is 3. The molecule has 3 nitrogen and oxygen atoms in total. The second kappa shape index (κ2) is 5.26. The summed E-state index contributed by atoms with van der Waals surface area (Å²) < 4.78 is 1.77. The molecule has 0 unspecified atom stereocenters. The van der Waals surface area contributed by atoms with Crippen LogP contribution in [-0.4, -0.2) is 12.5 Å². The highest BCUT2D eigenvalue weighted by Crippen LogP contribution is 2.32. The van der Waals surface area contributed by atoms with Crippen molar-refractivity contribution < 1.29 is 4.79 Å². The van der Waals surface area contributed by atoms with Crippen molar-refractivity contribution in [3.05, 3.63) is 43.0 Å². The Bertz CT molecular complexity index is 654. The number of halogens is 2. The topological polar surface area (TPSA) is 41.1 Å². The first-order chi connectivity index (χ1) is 9.13. The zero-order valence-corrected chi connectivity index (χ0v) is 13.8. The van der Waals surface area contributed by atoms with Crippen LogP contribution < -0.4 is 10.6 Å². The van der Waals surface area contributed by atoms with Crippen LogP contribution in [0.5, 0.6) is 0 Å². The highest BCUT2D eigenvalue weighted by molar-refractivity contribution is 9.12. The first-order valence-electron chi connectivity index (χ1n) is 5.76. The van der Waals surface area contributed by atoms with E-state index in [1.54, 1.807) is 0 Å². The summed E-state index contributed by atoms with van der Waals surface area (Å²) in [4.78, 5) is 12.2. The largest absolute Gasteiger partial charge is 0.384 e. The molecule has 2 N–H and O–H groups in total. The lowest BCUT2D eigenvalue weighted by Gasteiger charge is -2.06. The van der Waals surface area contributed by atoms with Crippen molar-refractivity contribution in [2.45, 2.75) is 6.42 Å². The van der Waals surface area contributed by atoms with Crippen LogP contribution in [0.15, 0.2) is 31.8 Å². The van der Waals surface area contributed by atoms with Gasteiger partial charge in [-0.15, -0.1) is 11.3 Å². The van der Waals surface area contributed by atoms with E-state index in [-0.39, 0.29) is 5.91 Å². The van der Waals surface area contributed by atoms with Gasteiger partial charge in [-0.25, -0.2) is 0 Å². The van der Waals surface area contributed by atoms with Crippen LogP contribution >= 0.6 is 43.2 Å². The highest BCUT2D eigenvalue weighted by atomic mass is 79.9. The van der Waals surface area contributed by atoms with Gasteiger partial charge in [0.15, 0.2) is 0 Å². The van der Waals surface area contributed by atoms with E-state index in [4.69, 9.17) is 0 Å². The maximum Gasteiger partial charge on any atom is 0.257 e. The fourth-order valence-corrected chi connectivity index (χ4v) is 4.87. The van der Waals surface area contributed by atoms with Crippen LogP contribution in [0.2, 0.25) is 0 Å². The first kappa shape index (κ1) is 13.1. The third kappa shape index (κ3) is 2.70. The minimum atomic E-state index is -0.0975. The Hall–Kier alpha value is -0.850. The van der Waals surface area contributed by atoms with Crippen molar-refractivity contribution in [3.8, 4) is 0 Å². The van der Waals surface area contributed by atoms with Gasteiger partial charge in [0.05, 0.1) is 13.1 Å². The number of hydrogen-bond donors (Lipinski definition) is 2. The summed E-state index contributed by atoms with van der Waals surface area (Å²) in [5, 5.41) is 6.23. The Labute approximate surface area is 131 Å².